The Morgan fingerprint density at radius 3 is 3.36 bits per heavy atom. The third-order valence-electron chi connectivity index (χ3n) is 3.12. The maximum atomic E-state index is 3.53. The highest BCUT2D eigenvalue weighted by molar-refractivity contribution is 8.01. The zero-order chi connectivity index (χ0) is 9.38. The molecule has 1 saturated heterocycles. The normalized spacial score (nSPS) is 34.9. The molecule has 2 atom stereocenters. The molecular weight excluding hydrogens is 190 g/mol. The quantitative estimate of drug-likeness (QED) is 0.652. The van der Waals surface area contributed by atoms with Crippen molar-refractivity contribution < 1.29 is 0 Å². The van der Waals surface area contributed by atoms with Crippen molar-refractivity contribution in [2.75, 3.05) is 6.54 Å². The summed E-state index contributed by atoms with van der Waals surface area (Å²) in [4.78, 5) is 0. The van der Waals surface area contributed by atoms with E-state index >= 15 is 0 Å². The van der Waals surface area contributed by atoms with E-state index < -0.39 is 0 Å². The number of hydrogen-bond donors (Lipinski definition) is 1. The van der Waals surface area contributed by atoms with Gasteiger partial charge in [-0.05, 0) is 30.9 Å². The number of piperidine rings is 1. The molecule has 1 nitrogen and oxygen atoms in total. The van der Waals surface area contributed by atoms with E-state index in [1.807, 2.05) is 0 Å². The molecule has 2 unspecified atom stereocenters. The lowest BCUT2D eigenvalue weighted by Crippen LogP contribution is -2.34. The number of fused-ring (bicyclic) bond motifs is 2. The van der Waals surface area contributed by atoms with Crippen LogP contribution in [0.3, 0.4) is 0 Å². The molecular formula is C12H15NS. The number of thioether (sulfide) groups is 1. The highest BCUT2D eigenvalue weighted by Gasteiger charge is 2.29. The Balaban J connectivity index is 1.92. The van der Waals surface area contributed by atoms with Crippen LogP contribution in [0, 0.1) is 0 Å². The van der Waals surface area contributed by atoms with Gasteiger partial charge in [-0.3, -0.25) is 0 Å². The summed E-state index contributed by atoms with van der Waals surface area (Å²) >= 11 is 2.15. The lowest BCUT2D eigenvalue weighted by molar-refractivity contribution is 0.592. The van der Waals surface area contributed by atoms with Crippen LogP contribution in [0.4, 0.5) is 0 Å². The van der Waals surface area contributed by atoms with Gasteiger partial charge in [0.05, 0.1) is 0 Å². The molecule has 2 heterocycles. The number of hydrogen-bond acceptors (Lipinski definition) is 2. The molecule has 0 aromatic rings. The molecule has 3 rings (SSSR count). The molecule has 0 aromatic carbocycles. The predicted molar refractivity (Wildman–Crippen MR) is 62.3 cm³/mol. The molecule has 0 amide bonds. The maximum Gasteiger partial charge on any atom is 0.0451 e. The van der Waals surface area contributed by atoms with Crippen LogP contribution in [0.2, 0.25) is 0 Å². The summed E-state index contributed by atoms with van der Waals surface area (Å²) in [5.74, 6) is 0. The minimum absolute atomic E-state index is 0.730. The summed E-state index contributed by atoms with van der Waals surface area (Å²) in [6.45, 7) is 1.16. The van der Waals surface area contributed by atoms with Crippen LogP contribution >= 0.6 is 11.8 Å². The van der Waals surface area contributed by atoms with Crippen molar-refractivity contribution >= 4 is 11.8 Å². The smallest absolute Gasteiger partial charge is 0.0451 e. The monoisotopic (exact) mass is 205 g/mol. The molecule has 1 fully saturated rings. The fraction of sp³-hybridized carbons (Fsp3) is 0.500. The maximum absolute atomic E-state index is 3.53. The standard InChI is InChI=1S/C12H15NS/c1-2-5-11-9(4-1)8-10-12(14-11)6-3-7-13-10/h1-2,4,8,11-13H,3,5-7H2. The van der Waals surface area contributed by atoms with E-state index in [0.717, 1.165) is 17.0 Å². The lowest BCUT2D eigenvalue weighted by atomic mass is 9.99. The molecule has 1 N–H and O–H groups in total. The average molecular weight is 205 g/mol. The molecule has 0 radical (unpaired) electrons. The zero-order valence-corrected chi connectivity index (χ0v) is 9.02. The first-order chi connectivity index (χ1) is 6.93. The fourth-order valence-electron chi connectivity index (χ4n) is 2.35. The van der Waals surface area contributed by atoms with Gasteiger partial charge in [-0.15, -0.1) is 11.8 Å². The molecule has 0 saturated carbocycles. The fourth-order valence-corrected chi connectivity index (χ4v) is 3.88. The van der Waals surface area contributed by atoms with Crippen LogP contribution in [0.1, 0.15) is 19.3 Å². The minimum atomic E-state index is 0.730. The van der Waals surface area contributed by atoms with Crippen LogP contribution in [-0.4, -0.2) is 17.0 Å². The van der Waals surface area contributed by atoms with Gasteiger partial charge < -0.3 is 5.32 Å². The Morgan fingerprint density at radius 1 is 1.36 bits per heavy atom. The number of allylic oxidation sites excluding steroid dienone is 4. The Hall–Kier alpha value is -0.630. The molecule has 0 spiro atoms. The second-order valence-corrected chi connectivity index (χ2v) is 5.52. The number of rotatable bonds is 0. The van der Waals surface area contributed by atoms with Gasteiger partial charge in [0.15, 0.2) is 0 Å². The molecule has 74 valence electrons. The molecule has 2 heteroatoms. The molecule has 3 aliphatic rings. The van der Waals surface area contributed by atoms with Crippen molar-refractivity contribution in [2.45, 2.75) is 29.8 Å². The van der Waals surface area contributed by atoms with Gasteiger partial charge in [0.1, 0.15) is 0 Å². The van der Waals surface area contributed by atoms with Crippen LogP contribution in [-0.2, 0) is 0 Å². The largest absolute Gasteiger partial charge is 0.387 e. The summed E-state index contributed by atoms with van der Waals surface area (Å²) in [7, 11) is 0. The van der Waals surface area contributed by atoms with Gasteiger partial charge in [0.2, 0.25) is 0 Å². The van der Waals surface area contributed by atoms with Crippen LogP contribution in [0.15, 0.2) is 35.6 Å². The van der Waals surface area contributed by atoms with Crippen molar-refractivity contribution in [3.8, 4) is 0 Å². The van der Waals surface area contributed by atoms with E-state index in [4.69, 9.17) is 0 Å². The summed E-state index contributed by atoms with van der Waals surface area (Å²) in [6.07, 6.45) is 13.0. The highest BCUT2D eigenvalue weighted by Crippen LogP contribution is 2.40. The van der Waals surface area contributed by atoms with E-state index in [9.17, 15) is 0 Å². The van der Waals surface area contributed by atoms with Crippen molar-refractivity contribution in [1.82, 2.24) is 5.32 Å². The van der Waals surface area contributed by atoms with Crippen molar-refractivity contribution in [3.63, 3.8) is 0 Å². The molecule has 14 heavy (non-hydrogen) atoms. The lowest BCUT2D eigenvalue weighted by Gasteiger charge is -2.35. The van der Waals surface area contributed by atoms with E-state index in [-0.39, 0.29) is 0 Å². The van der Waals surface area contributed by atoms with E-state index in [1.54, 1.807) is 0 Å². The Labute approximate surface area is 89.3 Å². The van der Waals surface area contributed by atoms with E-state index in [1.165, 1.54) is 30.5 Å². The van der Waals surface area contributed by atoms with Crippen LogP contribution in [0.25, 0.3) is 0 Å². The molecule has 0 aromatic heterocycles. The first-order valence-corrected chi connectivity index (χ1v) is 6.35. The molecule has 0 bridgehead atoms. The van der Waals surface area contributed by atoms with E-state index in [2.05, 4.69) is 41.4 Å². The van der Waals surface area contributed by atoms with Gasteiger partial charge in [0, 0.05) is 22.7 Å². The molecule has 1 aliphatic carbocycles. The summed E-state index contributed by atoms with van der Waals surface area (Å²) in [6, 6.07) is 0. The SMILES string of the molecule is C1=CCC2SC3CCCNC3=CC2=C1. The van der Waals surface area contributed by atoms with Crippen molar-refractivity contribution in [1.29, 1.82) is 0 Å². The highest BCUT2D eigenvalue weighted by atomic mass is 32.2. The summed E-state index contributed by atoms with van der Waals surface area (Å²) in [5, 5.41) is 5.01. The van der Waals surface area contributed by atoms with Crippen molar-refractivity contribution in [2.24, 2.45) is 0 Å². The van der Waals surface area contributed by atoms with Gasteiger partial charge in [-0.2, -0.15) is 0 Å². The second kappa shape index (κ2) is 3.50. The third-order valence-corrected chi connectivity index (χ3v) is 4.73. The van der Waals surface area contributed by atoms with E-state index in [0.29, 0.717) is 0 Å². The molecule has 2 aliphatic heterocycles. The number of nitrogens with one attached hydrogen (secondary N) is 1. The van der Waals surface area contributed by atoms with Crippen molar-refractivity contribution in [3.05, 3.63) is 35.6 Å². The Morgan fingerprint density at radius 2 is 2.36 bits per heavy atom. The predicted octanol–water partition coefficient (Wildman–Crippen LogP) is 2.62. The zero-order valence-electron chi connectivity index (χ0n) is 8.20. The third kappa shape index (κ3) is 1.42. The Bertz CT molecular complexity index is 327. The van der Waals surface area contributed by atoms with Crippen LogP contribution in [0.5, 0.6) is 0 Å². The minimum Gasteiger partial charge on any atom is -0.387 e. The summed E-state index contributed by atoms with van der Waals surface area (Å²) in [5.41, 5.74) is 2.98. The van der Waals surface area contributed by atoms with Gasteiger partial charge >= 0.3 is 0 Å². The van der Waals surface area contributed by atoms with Crippen LogP contribution < -0.4 is 5.32 Å². The van der Waals surface area contributed by atoms with Gasteiger partial charge in [0.25, 0.3) is 0 Å². The average Bonchev–Trinajstić information content (AvgIpc) is 2.26. The second-order valence-electron chi connectivity index (χ2n) is 4.11. The van der Waals surface area contributed by atoms with Gasteiger partial charge in [-0.1, -0.05) is 18.2 Å². The first kappa shape index (κ1) is 8.66. The topological polar surface area (TPSA) is 12.0 Å². The first-order valence-electron chi connectivity index (χ1n) is 5.41. The summed E-state index contributed by atoms with van der Waals surface area (Å²) < 4.78 is 0. The Kier molecular flexibility index (Phi) is 2.17. The van der Waals surface area contributed by atoms with Gasteiger partial charge in [-0.25, -0.2) is 0 Å².